The largest absolute Gasteiger partial charge is 0.496 e. The third kappa shape index (κ3) is 2.67. The molecule has 0 radical (unpaired) electrons. The molecule has 4 nitrogen and oxygen atoms in total. The van der Waals surface area contributed by atoms with E-state index in [4.69, 9.17) is 9.84 Å². The number of benzene rings is 1. The van der Waals surface area contributed by atoms with Crippen LogP contribution < -0.4 is 10.1 Å². The van der Waals surface area contributed by atoms with Gasteiger partial charge < -0.3 is 15.2 Å². The summed E-state index contributed by atoms with van der Waals surface area (Å²) in [6.07, 6.45) is 1.56. The molecule has 98 valence electrons. The second-order valence-electron chi connectivity index (χ2n) is 4.59. The molecule has 18 heavy (non-hydrogen) atoms. The summed E-state index contributed by atoms with van der Waals surface area (Å²) in [7, 11) is 1.61. The zero-order chi connectivity index (χ0) is 13.2. The van der Waals surface area contributed by atoms with Crippen molar-refractivity contribution in [2.75, 3.05) is 13.7 Å². The Kier molecular flexibility index (Phi) is 3.92. The van der Waals surface area contributed by atoms with E-state index in [-0.39, 0.29) is 12.5 Å². The Morgan fingerprint density at radius 1 is 1.56 bits per heavy atom. The molecule has 1 aromatic carbocycles. The molecule has 1 aliphatic rings. The number of amides is 1. The molecule has 1 aromatic rings. The Bertz CT molecular complexity index is 458. The van der Waals surface area contributed by atoms with Gasteiger partial charge in [-0.15, -0.1) is 0 Å². The summed E-state index contributed by atoms with van der Waals surface area (Å²) in [4.78, 5) is 11.8. The van der Waals surface area contributed by atoms with Gasteiger partial charge in [-0.1, -0.05) is 6.07 Å². The van der Waals surface area contributed by atoms with Crippen molar-refractivity contribution in [2.45, 2.75) is 19.4 Å². The molecule has 0 aromatic heterocycles. The molecule has 0 unspecified atom stereocenters. The van der Waals surface area contributed by atoms with Gasteiger partial charge in [-0.2, -0.15) is 0 Å². The molecule has 0 saturated heterocycles. The number of hydrogen-bond acceptors (Lipinski definition) is 3. The van der Waals surface area contributed by atoms with Crippen LogP contribution in [0.25, 0.3) is 0 Å². The molecule has 0 heterocycles. The SMILES string of the molecule is COc1ccc(CNC(=O)C2(CO)CC2)cc1Br. The summed E-state index contributed by atoms with van der Waals surface area (Å²) in [5.41, 5.74) is 0.480. The highest BCUT2D eigenvalue weighted by Crippen LogP contribution is 2.45. The minimum absolute atomic E-state index is 0.0584. The fourth-order valence-corrected chi connectivity index (χ4v) is 2.39. The second-order valence-corrected chi connectivity index (χ2v) is 5.44. The molecule has 0 aliphatic heterocycles. The van der Waals surface area contributed by atoms with Gasteiger partial charge in [-0.05, 0) is 46.5 Å². The van der Waals surface area contributed by atoms with Crippen LogP contribution in [0.3, 0.4) is 0 Å². The molecule has 0 spiro atoms. The molecule has 0 bridgehead atoms. The monoisotopic (exact) mass is 313 g/mol. The van der Waals surface area contributed by atoms with Crippen LogP contribution in [0.1, 0.15) is 18.4 Å². The lowest BCUT2D eigenvalue weighted by Gasteiger charge is -2.12. The van der Waals surface area contributed by atoms with Crippen LogP contribution in [-0.2, 0) is 11.3 Å². The first kappa shape index (κ1) is 13.4. The molecule has 1 saturated carbocycles. The van der Waals surface area contributed by atoms with E-state index in [1.54, 1.807) is 7.11 Å². The first-order valence-electron chi connectivity index (χ1n) is 5.83. The predicted molar refractivity (Wildman–Crippen MR) is 71.3 cm³/mol. The molecular weight excluding hydrogens is 298 g/mol. The zero-order valence-corrected chi connectivity index (χ0v) is 11.8. The number of hydrogen-bond donors (Lipinski definition) is 2. The van der Waals surface area contributed by atoms with Gasteiger partial charge in [-0.25, -0.2) is 0 Å². The summed E-state index contributed by atoms with van der Waals surface area (Å²) >= 11 is 3.40. The maximum absolute atomic E-state index is 11.8. The van der Waals surface area contributed by atoms with Gasteiger partial charge in [0.25, 0.3) is 0 Å². The lowest BCUT2D eigenvalue weighted by atomic mass is 10.1. The van der Waals surface area contributed by atoms with Crippen LogP contribution in [0.5, 0.6) is 5.75 Å². The third-order valence-corrected chi connectivity index (χ3v) is 3.93. The van der Waals surface area contributed by atoms with Gasteiger partial charge in [-0.3, -0.25) is 4.79 Å². The highest BCUT2D eigenvalue weighted by atomic mass is 79.9. The fourth-order valence-electron chi connectivity index (χ4n) is 1.80. The maximum atomic E-state index is 11.8. The molecule has 1 aliphatic carbocycles. The van der Waals surface area contributed by atoms with Crippen LogP contribution in [0, 0.1) is 5.41 Å². The average Bonchev–Trinajstić information content (AvgIpc) is 3.17. The first-order valence-corrected chi connectivity index (χ1v) is 6.62. The van der Waals surface area contributed by atoms with E-state index in [1.807, 2.05) is 18.2 Å². The van der Waals surface area contributed by atoms with Crippen molar-refractivity contribution in [3.8, 4) is 5.75 Å². The van der Waals surface area contributed by atoms with Crippen molar-refractivity contribution in [1.82, 2.24) is 5.32 Å². The number of aliphatic hydroxyl groups is 1. The van der Waals surface area contributed by atoms with Crippen molar-refractivity contribution >= 4 is 21.8 Å². The van der Waals surface area contributed by atoms with E-state index < -0.39 is 5.41 Å². The van der Waals surface area contributed by atoms with Crippen LogP contribution in [0.4, 0.5) is 0 Å². The summed E-state index contributed by atoms with van der Waals surface area (Å²) in [6.45, 7) is 0.397. The molecular formula is C13H16BrNO3. The Hall–Kier alpha value is -1.07. The lowest BCUT2D eigenvalue weighted by Crippen LogP contribution is -2.33. The van der Waals surface area contributed by atoms with Gasteiger partial charge in [0, 0.05) is 6.54 Å². The second kappa shape index (κ2) is 5.28. The standard InChI is InChI=1S/C13H16BrNO3/c1-18-11-3-2-9(6-10(11)14)7-15-12(17)13(8-16)4-5-13/h2-3,6,16H,4-5,7-8H2,1H3,(H,15,17). The van der Waals surface area contributed by atoms with E-state index in [9.17, 15) is 4.79 Å². The van der Waals surface area contributed by atoms with Gasteiger partial charge in [0.05, 0.1) is 23.6 Å². The minimum atomic E-state index is -0.510. The smallest absolute Gasteiger partial charge is 0.228 e. The van der Waals surface area contributed by atoms with Gasteiger partial charge in [0.1, 0.15) is 5.75 Å². The quantitative estimate of drug-likeness (QED) is 0.872. The number of aliphatic hydroxyl groups excluding tert-OH is 1. The summed E-state index contributed by atoms with van der Waals surface area (Å²) in [6, 6.07) is 5.67. The summed E-state index contributed by atoms with van der Waals surface area (Å²) < 4.78 is 6.00. The van der Waals surface area contributed by atoms with Crippen molar-refractivity contribution in [3.05, 3.63) is 28.2 Å². The summed E-state index contributed by atoms with van der Waals surface area (Å²) in [5.74, 6) is 0.705. The molecule has 0 atom stereocenters. The number of nitrogens with one attached hydrogen (secondary N) is 1. The van der Waals surface area contributed by atoms with Crippen LogP contribution in [0.2, 0.25) is 0 Å². The molecule has 2 N–H and O–H groups in total. The van der Waals surface area contributed by atoms with Crippen molar-refractivity contribution in [3.63, 3.8) is 0 Å². The average molecular weight is 314 g/mol. The summed E-state index contributed by atoms with van der Waals surface area (Å²) in [5, 5.41) is 12.0. The highest BCUT2D eigenvalue weighted by molar-refractivity contribution is 9.10. The zero-order valence-electron chi connectivity index (χ0n) is 10.2. The van der Waals surface area contributed by atoms with E-state index in [0.29, 0.717) is 6.54 Å². The van der Waals surface area contributed by atoms with Crippen LogP contribution >= 0.6 is 15.9 Å². The topological polar surface area (TPSA) is 58.6 Å². The third-order valence-electron chi connectivity index (χ3n) is 3.31. The van der Waals surface area contributed by atoms with Gasteiger partial charge >= 0.3 is 0 Å². The van der Waals surface area contributed by atoms with Crippen molar-refractivity contribution in [1.29, 1.82) is 0 Å². The molecule has 1 amide bonds. The van der Waals surface area contributed by atoms with Crippen LogP contribution in [-0.4, -0.2) is 24.7 Å². The number of halogens is 1. The van der Waals surface area contributed by atoms with Gasteiger partial charge in [0.2, 0.25) is 5.91 Å². The molecule has 5 heteroatoms. The Balaban J connectivity index is 1.94. The normalized spacial score (nSPS) is 16.2. The lowest BCUT2D eigenvalue weighted by molar-refractivity contribution is -0.127. The van der Waals surface area contributed by atoms with E-state index >= 15 is 0 Å². The van der Waals surface area contributed by atoms with Crippen LogP contribution in [0.15, 0.2) is 22.7 Å². The maximum Gasteiger partial charge on any atom is 0.228 e. The highest BCUT2D eigenvalue weighted by Gasteiger charge is 2.49. The Morgan fingerprint density at radius 3 is 2.78 bits per heavy atom. The van der Waals surface area contributed by atoms with E-state index in [2.05, 4.69) is 21.2 Å². The number of carbonyl (C=O) groups excluding carboxylic acids is 1. The number of rotatable bonds is 5. The van der Waals surface area contributed by atoms with E-state index in [0.717, 1.165) is 28.6 Å². The number of carbonyl (C=O) groups is 1. The fraction of sp³-hybridized carbons (Fsp3) is 0.462. The predicted octanol–water partition coefficient (Wildman–Crippen LogP) is 1.85. The molecule has 2 rings (SSSR count). The Labute approximate surface area is 114 Å². The number of ether oxygens (including phenoxy) is 1. The van der Waals surface area contributed by atoms with Crippen molar-refractivity contribution in [2.24, 2.45) is 5.41 Å². The molecule has 1 fully saturated rings. The Morgan fingerprint density at radius 2 is 2.28 bits per heavy atom. The number of methoxy groups -OCH3 is 1. The van der Waals surface area contributed by atoms with E-state index in [1.165, 1.54) is 0 Å². The van der Waals surface area contributed by atoms with Gasteiger partial charge in [0.15, 0.2) is 0 Å². The minimum Gasteiger partial charge on any atom is -0.496 e. The first-order chi connectivity index (χ1) is 8.61. The van der Waals surface area contributed by atoms with Crippen molar-refractivity contribution < 1.29 is 14.6 Å².